The first-order valence-electron chi connectivity index (χ1n) is 19.2. The smallest absolute Gasteiger partial charge is 0.208 e. The molecule has 0 radical (unpaired) electrons. The highest BCUT2D eigenvalue weighted by Crippen LogP contribution is 2.59. The molecule has 19 heteroatoms. The van der Waals surface area contributed by atoms with Gasteiger partial charge in [-0.2, -0.15) is 0 Å². The Labute approximate surface area is 356 Å². The van der Waals surface area contributed by atoms with Crippen molar-refractivity contribution in [1.82, 2.24) is 4.72 Å². The monoisotopic (exact) mass is 932 g/mol. The lowest BCUT2D eigenvalue weighted by Gasteiger charge is -2.50. The van der Waals surface area contributed by atoms with Crippen LogP contribution in [0.1, 0.15) is 49.7 Å². The number of sulfonamides is 1. The van der Waals surface area contributed by atoms with Crippen molar-refractivity contribution in [3.05, 3.63) is 117 Å². The minimum Gasteiger partial charge on any atom is -0.490 e. The molecule has 0 saturated heterocycles. The molecule has 0 amide bonds. The molecule has 2 aliphatic heterocycles. The largest absolute Gasteiger partial charge is 0.490 e. The van der Waals surface area contributed by atoms with E-state index in [1.54, 1.807) is 0 Å². The summed E-state index contributed by atoms with van der Waals surface area (Å²) in [5.74, 6) is -6.00. The molecule has 0 aromatic heterocycles. The summed E-state index contributed by atoms with van der Waals surface area (Å²) in [7, 11) is -11.9. The number of sulfone groups is 2. The molecule has 6 atom stereocenters. The van der Waals surface area contributed by atoms with E-state index in [0.717, 1.165) is 30.5 Å². The van der Waals surface area contributed by atoms with E-state index in [1.807, 2.05) is 0 Å². The number of nitrogens with two attached hydrogens (primary N) is 1. The standard InChI is InChI=1S/C21H22ClF2NO5S2.C20H20ClF2NO3S/c1-31(26,27)25-11-13-3-2-10-21(32(28,29)15-6-4-14(22)5-7-15)16(13)12-30-20-18(24)9-8-17(23)19(20)21;21-13-3-5-14(6-4-13)28(25,26)20-9-1-2-12(10-24)15(20)11-27-19-17(23)8-7-16(22)18(19)20/h4-9,13,16,25H,2-3,10-12H2,1H3;3-8,12,15H,1-2,9-11,24H2/t13-,16?,21-;12-,15?,20-/m00/s1. The lowest BCUT2D eigenvalue weighted by atomic mass is 9.67. The van der Waals surface area contributed by atoms with Gasteiger partial charge in [-0.25, -0.2) is 47.5 Å². The third-order valence-electron chi connectivity index (χ3n) is 12.5. The van der Waals surface area contributed by atoms with Crippen molar-refractivity contribution in [2.75, 3.05) is 32.6 Å². The molecule has 10 nitrogen and oxygen atoms in total. The predicted molar refractivity (Wildman–Crippen MR) is 218 cm³/mol. The maximum absolute atomic E-state index is 15.2. The molecule has 0 bridgehead atoms. The van der Waals surface area contributed by atoms with Gasteiger partial charge in [-0.1, -0.05) is 36.0 Å². The summed E-state index contributed by atoms with van der Waals surface area (Å²) in [4.78, 5) is -0.0452. The highest BCUT2D eigenvalue weighted by molar-refractivity contribution is 7.92. The van der Waals surface area contributed by atoms with Gasteiger partial charge in [0.15, 0.2) is 42.8 Å². The van der Waals surface area contributed by atoms with E-state index in [0.29, 0.717) is 35.7 Å². The van der Waals surface area contributed by atoms with Crippen LogP contribution >= 0.6 is 23.2 Å². The number of hydrogen-bond acceptors (Lipinski definition) is 9. The summed E-state index contributed by atoms with van der Waals surface area (Å²) in [5, 5.41) is 0.725. The fourth-order valence-electron chi connectivity index (χ4n) is 9.80. The molecule has 3 N–H and O–H groups in total. The molecule has 4 aliphatic rings. The number of hydrogen-bond donors (Lipinski definition) is 2. The molecule has 4 aromatic carbocycles. The number of fused-ring (bicyclic) bond motifs is 6. The molecule has 2 heterocycles. The van der Waals surface area contributed by atoms with E-state index >= 15 is 8.78 Å². The molecule has 324 valence electrons. The Kier molecular flexibility index (Phi) is 12.4. The molecule has 2 aliphatic carbocycles. The maximum atomic E-state index is 15.2. The lowest BCUT2D eigenvalue weighted by Crippen LogP contribution is -2.55. The third-order valence-corrected chi connectivity index (χ3v) is 18.8. The number of ether oxygens (including phenoxy) is 2. The van der Waals surface area contributed by atoms with Crippen LogP contribution in [-0.4, -0.2) is 57.8 Å². The van der Waals surface area contributed by atoms with Crippen LogP contribution in [0.25, 0.3) is 0 Å². The summed E-state index contributed by atoms with van der Waals surface area (Å²) >= 11 is 11.8. The first kappa shape index (κ1) is 44.6. The highest BCUT2D eigenvalue weighted by atomic mass is 35.5. The van der Waals surface area contributed by atoms with Gasteiger partial charge in [-0.05, 0) is 117 Å². The van der Waals surface area contributed by atoms with Crippen molar-refractivity contribution < 1.29 is 52.3 Å². The van der Waals surface area contributed by atoms with Crippen LogP contribution in [0.5, 0.6) is 11.5 Å². The zero-order valence-corrected chi connectivity index (χ0v) is 36.1. The van der Waals surface area contributed by atoms with Crippen LogP contribution in [-0.2, 0) is 39.2 Å². The molecule has 8 rings (SSSR count). The second-order valence-corrected chi connectivity index (χ2v) is 22.8. The van der Waals surface area contributed by atoms with Crippen molar-refractivity contribution in [2.24, 2.45) is 29.4 Å². The van der Waals surface area contributed by atoms with Gasteiger partial charge in [0.2, 0.25) is 10.0 Å². The van der Waals surface area contributed by atoms with Crippen LogP contribution in [0.3, 0.4) is 0 Å². The summed E-state index contributed by atoms with van der Waals surface area (Å²) < 4.78 is 149. The Hall–Kier alpha value is -3.45. The van der Waals surface area contributed by atoms with E-state index in [2.05, 4.69) is 4.72 Å². The zero-order valence-electron chi connectivity index (χ0n) is 32.1. The van der Waals surface area contributed by atoms with Gasteiger partial charge in [-0.15, -0.1) is 0 Å². The number of nitrogens with one attached hydrogen (secondary N) is 1. The Bertz CT molecular complexity index is 2620. The third kappa shape index (κ3) is 7.49. The summed E-state index contributed by atoms with van der Waals surface area (Å²) in [6.07, 6.45) is 3.39. The number of benzene rings is 4. The lowest BCUT2D eigenvalue weighted by molar-refractivity contribution is 0.0771. The van der Waals surface area contributed by atoms with Crippen molar-refractivity contribution in [2.45, 2.75) is 57.8 Å². The Morgan fingerprint density at radius 2 is 1.02 bits per heavy atom. The van der Waals surface area contributed by atoms with E-state index in [4.69, 9.17) is 38.4 Å². The molecule has 0 spiro atoms. The van der Waals surface area contributed by atoms with Crippen LogP contribution in [0.15, 0.2) is 82.6 Å². The van der Waals surface area contributed by atoms with Gasteiger partial charge >= 0.3 is 0 Å². The van der Waals surface area contributed by atoms with Gasteiger partial charge < -0.3 is 15.2 Å². The fraction of sp³-hybridized carbons (Fsp3) is 0.415. The van der Waals surface area contributed by atoms with E-state index in [9.17, 15) is 34.0 Å². The van der Waals surface area contributed by atoms with Gasteiger partial charge in [-0.3, -0.25) is 0 Å². The summed E-state index contributed by atoms with van der Waals surface area (Å²) in [5.41, 5.74) is 5.39. The van der Waals surface area contributed by atoms with Gasteiger partial charge in [0.05, 0.1) is 40.4 Å². The molecule has 2 unspecified atom stereocenters. The van der Waals surface area contributed by atoms with E-state index in [-0.39, 0.29) is 71.7 Å². The molecular formula is C41H42Cl2F4N2O8S3. The maximum Gasteiger partial charge on any atom is 0.208 e. The average molecular weight is 934 g/mol. The van der Waals surface area contributed by atoms with Crippen molar-refractivity contribution in [1.29, 1.82) is 0 Å². The Morgan fingerprint density at radius 3 is 1.42 bits per heavy atom. The van der Waals surface area contributed by atoms with E-state index in [1.165, 1.54) is 48.5 Å². The quantitative estimate of drug-likeness (QED) is 0.169. The van der Waals surface area contributed by atoms with Crippen molar-refractivity contribution in [3.63, 3.8) is 0 Å². The molecular weight excluding hydrogens is 892 g/mol. The first-order chi connectivity index (χ1) is 28.3. The van der Waals surface area contributed by atoms with Crippen molar-refractivity contribution >= 4 is 52.9 Å². The number of halogens is 6. The van der Waals surface area contributed by atoms with Crippen molar-refractivity contribution in [3.8, 4) is 11.5 Å². The predicted octanol–water partition coefficient (Wildman–Crippen LogP) is 7.70. The second kappa shape index (κ2) is 16.7. The second-order valence-electron chi connectivity index (χ2n) is 15.7. The summed E-state index contributed by atoms with van der Waals surface area (Å²) in [6, 6.07) is 15.0. The summed E-state index contributed by atoms with van der Waals surface area (Å²) in [6.45, 7) is 0.00750. The molecule has 4 aromatic rings. The molecule has 2 saturated carbocycles. The van der Waals surface area contributed by atoms with E-state index < -0.39 is 86.0 Å². The van der Waals surface area contributed by atoms with Gasteiger partial charge in [0.25, 0.3) is 0 Å². The fourth-order valence-corrected chi connectivity index (χ4v) is 15.5. The number of rotatable bonds is 8. The van der Waals surface area contributed by atoms with Crippen LogP contribution in [0, 0.1) is 46.9 Å². The first-order valence-corrected chi connectivity index (χ1v) is 24.8. The Morgan fingerprint density at radius 1 is 0.633 bits per heavy atom. The van der Waals surface area contributed by atoms with Crippen LogP contribution < -0.4 is 19.9 Å². The molecule has 2 fully saturated rings. The highest BCUT2D eigenvalue weighted by Gasteiger charge is 2.62. The zero-order chi connectivity index (χ0) is 43.4. The normalized spacial score (nSPS) is 26.1. The van der Waals surface area contributed by atoms with Gasteiger partial charge in [0, 0.05) is 28.4 Å². The Balaban J connectivity index is 0.000000183. The van der Waals surface area contributed by atoms with Crippen LogP contribution in [0.2, 0.25) is 10.0 Å². The van der Waals surface area contributed by atoms with Crippen LogP contribution in [0.4, 0.5) is 17.6 Å². The average Bonchev–Trinajstić information content (AvgIpc) is 3.22. The molecule has 60 heavy (non-hydrogen) atoms. The minimum absolute atomic E-state index is 0.0242. The minimum atomic E-state index is -4.26. The topological polar surface area (TPSA) is 159 Å². The SMILES string of the molecule is CS(=O)(=O)NC[C@@H]1CCC[C@@]2(S(=O)(=O)c3ccc(Cl)cc3)c3c(F)ccc(F)c3OCC12.NC[C@@H]1CCC[C@@]2(S(=O)(=O)c3ccc(Cl)cc3)c3c(F)ccc(F)c3OCC12. The van der Waals surface area contributed by atoms with Gasteiger partial charge in [0.1, 0.15) is 21.1 Å².